The molecule has 0 amide bonds. The molecule has 4 nitrogen and oxygen atoms in total. The van der Waals surface area contributed by atoms with E-state index in [9.17, 15) is 9.59 Å². The molecule has 0 atom stereocenters. The molecule has 0 spiro atoms. The van der Waals surface area contributed by atoms with Crippen LogP contribution in [0, 0.1) is 10.8 Å². The highest BCUT2D eigenvalue weighted by molar-refractivity contribution is 7.09. The fourth-order valence-corrected chi connectivity index (χ4v) is 4.32. The van der Waals surface area contributed by atoms with E-state index in [0.29, 0.717) is 22.6 Å². The Balaban J connectivity index is 2.42. The van der Waals surface area contributed by atoms with Crippen molar-refractivity contribution in [1.29, 1.82) is 0 Å². The molecular weight excluding hydrogens is 288 g/mol. The monoisotopic (exact) mass is 306 g/mol. The zero-order valence-corrected chi connectivity index (χ0v) is 13.9. The minimum atomic E-state index is -0.341. The molecule has 0 saturated carbocycles. The van der Waals surface area contributed by atoms with Gasteiger partial charge in [-0.2, -0.15) is 0 Å². The molecule has 0 unspecified atom stereocenters. The van der Waals surface area contributed by atoms with Gasteiger partial charge in [-0.1, -0.05) is 41.5 Å². The molecule has 3 rings (SSSR count). The maximum absolute atomic E-state index is 12.1. The van der Waals surface area contributed by atoms with Gasteiger partial charge in [0.2, 0.25) is 0 Å². The maximum Gasteiger partial charge on any atom is 0.341 e. The van der Waals surface area contributed by atoms with Crippen LogP contribution in [0.4, 0.5) is 0 Å². The molecule has 0 aromatic carbocycles. The Labute approximate surface area is 127 Å². The van der Waals surface area contributed by atoms with Crippen molar-refractivity contribution in [2.45, 2.75) is 41.5 Å². The predicted molar refractivity (Wildman–Crippen MR) is 80.6 cm³/mol. The fourth-order valence-electron chi connectivity index (χ4n) is 2.68. The zero-order chi connectivity index (χ0) is 15.7. The molecule has 0 bridgehead atoms. The fraction of sp³-hybridized carbons (Fsp3) is 0.500. The van der Waals surface area contributed by atoms with Crippen molar-refractivity contribution in [3.63, 3.8) is 0 Å². The van der Waals surface area contributed by atoms with E-state index >= 15 is 0 Å². The summed E-state index contributed by atoms with van der Waals surface area (Å²) in [6, 6.07) is 0. The van der Waals surface area contributed by atoms with Gasteiger partial charge in [0.25, 0.3) is 0 Å². The topological polar surface area (TPSA) is 52.6 Å². The van der Waals surface area contributed by atoms with Crippen molar-refractivity contribution in [3.05, 3.63) is 9.06 Å². The summed E-state index contributed by atoms with van der Waals surface area (Å²) in [6.45, 7) is 11.9. The van der Waals surface area contributed by atoms with E-state index in [2.05, 4.69) is 0 Å². The summed E-state index contributed by atoms with van der Waals surface area (Å²) < 4.78 is 12.4. The molecule has 21 heavy (non-hydrogen) atoms. The molecule has 5 heteroatoms. The van der Waals surface area contributed by atoms with Gasteiger partial charge in [0.1, 0.15) is 0 Å². The molecular formula is C16H18O4S. The normalized spacial score (nSPS) is 17.8. The molecule has 2 aliphatic rings. The van der Waals surface area contributed by atoms with Crippen LogP contribution in [0.15, 0.2) is 0 Å². The molecule has 2 aliphatic heterocycles. The van der Waals surface area contributed by atoms with Crippen molar-refractivity contribution >= 4 is 34.4 Å². The first-order valence-electron chi connectivity index (χ1n) is 6.88. The number of hydrogen-bond acceptors (Lipinski definition) is 5. The Morgan fingerprint density at radius 1 is 0.714 bits per heavy atom. The number of fused-ring (bicyclic) bond motifs is 3. The standard InChI is InChI=1S/C16H18O4S/c1-15(2,3)7-11-9(19-13(7)17)10-12(21-11)8(14(18)20-10)16(4,5)6/h1-6H3. The third-order valence-corrected chi connectivity index (χ3v) is 4.76. The lowest BCUT2D eigenvalue weighted by Gasteiger charge is -2.17. The van der Waals surface area contributed by atoms with Gasteiger partial charge in [0.15, 0.2) is 11.5 Å². The number of hydrogen-bond donors (Lipinski definition) is 0. The van der Waals surface area contributed by atoms with E-state index in [-0.39, 0.29) is 22.8 Å². The van der Waals surface area contributed by atoms with E-state index in [4.69, 9.17) is 9.47 Å². The molecule has 1 aromatic rings. The highest BCUT2D eigenvalue weighted by Crippen LogP contribution is 2.40. The number of thiophene rings is 1. The molecule has 0 saturated heterocycles. The van der Waals surface area contributed by atoms with Crippen LogP contribution < -0.4 is 18.5 Å². The number of ether oxygens (including phenoxy) is 2. The number of rotatable bonds is 0. The summed E-state index contributed by atoms with van der Waals surface area (Å²) in [5, 5.41) is 0. The van der Waals surface area contributed by atoms with Crippen LogP contribution in [0.3, 0.4) is 0 Å². The van der Waals surface area contributed by atoms with Gasteiger partial charge in [-0.05, 0) is 10.8 Å². The molecule has 0 radical (unpaired) electrons. The summed E-state index contributed by atoms with van der Waals surface area (Å²) in [5.41, 5.74) is 0.682. The van der Waals surface area contributed by atoms with Gasteiger partial charge < -0.3 is 9.47 Å². The highest BCUT2D eigenvalue weighted by atomic mass is 32.1. The number of carbonyl (C=O) groups excluding carboxylic acids is 2. The summed E-state index contributed by atoms with van der Waals surface area (Å²) in [6.07, 6.45) is 0. The first-order chi connectivity index (χ1) is 9.51. The van der Waals surface area contributed by atoms with Crippen molar-refractivity contribution in [3.8, 4) is 11.5 Å². The predicted octanol–water partition coefficient (Wildman–Crippen LogP) is 1.98. The minimum absolute atomic E-state index is 0.313. The Morgan fingerprint density at radius 2 is 1.05 bits per heavy atom. The van der Waals surface area contributed by atoms with Gasteiger partial charge in [0.05, 0.1) is 20.2 Å². The number of esters is 2. The van der Waals surface area contributed by atoms with Crippen LogP contribution in [-0.2, 0) is 9.59 Å². The van der Waals surface area contributed by atoms with Gasteiger partial charge in [-0.15, -0.1) is 11.3 Å². The Bertz CT molecular complexity index is 731. The third kappa shape index (κ3) is 1.94. The Kier molecular flexibility index (Phi) is 2.71. The van der Waals surface area contributed by atoms with E-state index in [0.717, 1.165) is 9.06 Å². The number of carbonyl (C=O) groups is 2. The second-order valence-electron chi connectivity index (χ2n) is 7.45. The lowest BCUT2D eigenvalue weighted by atomic mass is 9.87. The molecule has 1 aromatic heterocycles. The van der Waals surface area contributed by atoms with E-state index in [1.807, 2.05) is 41.5 Å². The van der Waals surface area contributed by atoms with Gasteiger partial charge in [0, 0.05) is 0 Å². The van der Waals surface area contributed by atoms with Crippen molar-refractivity contribution in [1.82, 2.24) is 0 Å². The first-order valence-corrected chi connectivity index (χ1v) is 7.70. The molecule has 3 heterocycles. The minimum Gasteiger partial charge on any atom is -0.417 e. The van der Waals surface area contributed by atoms with Crippen LogP contribution in [0.5, 0.6) is 11.5 Å². The van der Waals surface area contributed by atoms with Gasteiger partial charge in [-0.25, -0.2) is 9.59 Å². The quantitative estimate of drug-likeness (QED) is 0.688. The lowest BCUT2D eigenvalue weighted by Crippen LogP contribution is -2.22. The third-order valence-electron chi connectivity index (χ3n) is 3.57. The summed E-state index contributed by atoms with van der Waals surface area (Å²) in [7, 11) is 0. The molecule has 0 fully saturated rings. The molecule has 0 N–H and O–H groups in total. The van der Waals surface area contributed by atoms with Crippen LogP contribution in [0.1, 0.15) is 41.5 Å². The maximum atomic E-state index is 12.1. The Hall–Kier alpha value is -1.62. The summed E-state index contributed by atoms with van der Waals surface area (Å²) in [5.74, 6) is 0.147. The average Bonchev–Trinajstić information content (AvgIpc) is 2.82. The van der Waals surface area contributed by atoms with Crippen molar-refractivity contribution in [2.24, 2.45) is 10.8 Å². The molecule has 0 aliphatic carbocycles. The van der Waals surface area contributed by atoms with Crippen LogP contribution >= 0.6 is 11.3 Å². The molecule has 112 valence electrons. The highest BCUT2D eigenvalue weighted by Gasteiger charge is 2.41. The van der Waals surface area contributed by atoms with Crippen LogP contribution in [0.25, 0.3) is 11.1 Å². The van der Waals surface area contributed by atoms with E-state index in [1.54, 1.807) is 0 Å². The van der Waals surface area contributed by atoms with Crippen LogP contribution in [-0.4, -0.2) is 11.9 Å². The first kappa shape index (κ1) is 14.3. The van der Waals surface area contributed by atoms with Crippen molar-refractivity contribution in [2.75, 3.05) is 0 Å². The largest absolute Gasteiger partial charge is 0.417 e. The Morgan fingerprint density at radius 3 is 1.33 bits per heavy atom. The second-order valence-corrected chi connectivity index (χ2v) is 8.47. The average molecular weight is 306 g/mol. The van der Waals surface area contributed by atoms with Gasteiger partial charge in [-0.3, -0.25) is 0 Å². The summed E-state index contributed by atoms with van der Waals surface area (Å²) in [4.78, 5) is 24.2. The summed E-state index contributed by atoms with van der Waals surface area (Å²) >= 11 is 1.42. The smallest absolute Gasteiger partial charge is 0.341 e. The zero-order valence-electron chi connectivity index (χ0n) is 13.0. The second kappa shape index (κ2) is 3.97. The van der Waals surface area contributed by atoms with Crippen molar-refractivity contribution < 1.29 is 19.1 Å². The SMILES string of the molecule is CC(C)(C)C1=c2sc3c(c2OC1=O)OC(=O)C=3C(C)(C)C. The van der Waals surface area contributed by atoms with E-state index in [1.165, 1.54) is 11.3 Å². The lowest BCUT2D eigenvalue weighted by molar-refractivity contribution is -0.130. The van der Waals surface area contributed by atoms with Crippen LogP contribution in [0.2, 0.25) is 0 Å². The van der Waals surface area contributed by atoms with Gasteiger partial charge >= 0.3 is 11.9 Å². The van der Waals surface area contributed by atoms with E-state index < -0.39 is 0 Å².